The summed E-state index contributed by atoms with van der Waals surface area (Å²) >= 11 is 8.43. The highest BCUT2D eigenvalue weighted by atomic mass is 127. The molecule has 0 N–H and O–H groups in total. The molecular formula is C19H13ClIN3. The average Bonchev–Trinajstić information content (AvgIpc) is 2.62. The van der Waals surface area contributed by atoms with E-state index in [-0.39, 0.29) is 5.28 Å². The number of allylic oxidation sites excluding steroid dienone is 2. The van der Waals surface area contributed by atoms with Crippen LogP contribution in [0, 0.1) is 0 Å². The molecule has 2 heterocycles. The van der Waals surface area contributed by atoms with Gasteiger partial charge in [0.15, 0.2) is 0 Å². The SMILES string of the molecule is Clc1nc(-c2ccc(C3=CC=CCN3I)cc2)c2ccccc2n1. The van der Waals surface area contributed by atoms with E-state index in [2.05, 4.69) is 78.4 Å². The first-order valence-electron chi connectivity index (χ1n) is 7.55. The molecule has 5 heteroatoms. The van der Waals surface area contributed by atoms with Gasteiger partial charge in [-0.05, 0) is 29.3 Å². The summed E-state index contributed by atoms with van der Waals surface area (Å²) in [6, 6.07) is 16.3. The van der Waals surface area contributed by atoms with E-state index in [4.69, 9.17) is 11.6 Å². The van der Waals surface area contributed by atoms with Gasteiger partial charge in [-0.3, -0.25) is 0 Å². The Bertz CT molecular complexity index is 964. The maximum atomic E-state index is 6.10. The molecule has 2 aromatic carbocycles. The van der Waals surface area contributed by atoms with Crippen molar-refractivity contribution in [3.63, 3.8) is 0 Å². The quantitative estimate of drug-likeness (QED) is 0.296. The lowest BCUT2D eigenvalue weighted by atomic mass is 10.0. The Morgan fingerprint density at radius 2 is 1.71 bits per heavy atom. The number of aromatic nitrogens is 2. The Hall–Kier alpha value is -1.92. The minimum absolute atomic E-state index is 0.270. The molecule has 0 spiro atoms. The molecule has 1 aromatic heterocycles. The van der Waals surface area contributed by atoms with Gasteiger partial charge >= 0.3 is 0 Å². The molecule has 0 unspecified atom stereocenters. The number of para-hydroxylation sites is 1. The van der Waals surface area contributed by atoms with Crippen LogP contribution in [0.4, 0.5) is 0 Å². The molecule has 0 atom stereocenters. The minimum atomic E-state index is 0.270. The Morgan fingerprint density at radius 3 is 2.50 bits per heavy atom. The van der Waals surface area contributed by atoms with E-state index in [1.165, 1.54) is 11.3 Å². The summed E-state index contributed by atoms with van der Waals surface area (Å²) in [7, 11) is 0. The third-order valence-electron chi connectivity index (χ3n) is 3.95. The van der Waals surface area contributed by atoms with Crippen LogP contribution in [0.3, 0.4) is 0 Å². The predicted octanol–water partition coefficient (Wildman–Crippen LogP) is 5.51. The van der Waals surface area contributed by atoms with Gasteiger partial charge in [-0.2, -0.15) is 0 Å². The van der Waals surface area contributed by atoms with Crippen molar-refractivity contribution >= 4 is 51.1 Å². The van der Waals surface area contributed by atoms with E-state index < -0.39 is 0 Å². The fourth-order valence-electron chi connectivity index (χ4n) is 2.80. The molecule has 3 nitrogen and oxygen atoms in total. The van der Waals surface area contributed by atoms with Crippen LogP contribution in [0.1, 0.15) is 5.56 Å². The predicted molar refractivity (Wildman–Crippen MR) is 108 cm³/mol. The lowest BCUT2D eigenvalue weighted by Crippen LogP contribution is -2.11. The molecule has 4 rings (SSSR count). The zero-order chi connectivity index (χ0) is 16.5. The molecule has 1 aliphatic heterocycles. The van der Waals surface area contributed by atoms with Crippen molar-refractivity contribution in [1.29, 1.82) is 0 Å². The van der Waals surface area contributed by atoms with Crippen LogP contribution in [0.5, 0.6) is 0 Å². The van der Waals surface area contributed by atoms with Crippen LogP contribution in [-0.2, 0) is 0 Å². The number of halogens is 2. The van der Waals surface area contributed by atoms with Crippen molar-refractivity contribution < 1.29 is 0 Å². The van der Waals surface area contributed by atoms with E-state index >= 15 is 0 Å². The van der Waals surface area contributed by atoms with E-state index in [1.807, 2.05) is 24.3 Å². The molecule has 0 aliphatic carbocycles. The normalized spacial score (nSPS) is 14.1. The van der Waals surface area contributed by atoms with Gasteiger partial charge < -0.3 is 3.11 Å². The van der Waals surface area contributed by atoms with Gasteiger partial charge in [0.25, 0.3) is 0 Å². The second-order valence-corrected chi connectivity index (χ2v) is 6.96. The second-order valence-electron chi connectivity index (χ2n) is 5.46. The van der Waals surface area contributed by atoms with Crippen molar-refractivity contribution in [1.82, 2.24) is 13.1 Å². The van der Waals surface area contributed by atoms with E-state index in [9.17, 15) is 0 Å². The van der Waals surface area contributed by atoms with Gasteiger partial charge in [0.05, 0.1) is 39.8 Å². The third-order valence-corrected chi connectivity index (χ3v) is 5.03. The summed E-state index contributed by atoms with van der Waals surface area (Å²) < 4.78 is 2.20. The molecule has 0 bridgehead atoms. The maximum Gasteiger partial charge on any atom is 0.223 e. The zero-order valence-electron chi connectivity index (χ0n) is 12.7. The molecule has 0 radical (unpaired) electrons. The van der Waals surface area contributed by atoms with Crippen molar-refractivity contribution in [2.75, 3.05) is 6.54 Å². The first-order chi connectivity index (χ1) is 11.7. The summed E-state index contributed by atoms with van der Waals surface area (Å²) in [5.41, 5.74) is 5.14. The first kappa shape index (κ1) is 15.6. The van der Waals surface area contributed by atoms with Crippen molar-refractivity contribution in [2.24, 2.45) is 0 Å². The Morgan fingerprint density at radius 1 is 0.958 bits per heavy atom. The maximum absolute atomic E-state index is 6.10. The van der Waals surface area contributed by atoms with Crippen LogP contribution >= 0.6 is 34.5 Å². The molecule has 0 saturated carbocycles. The molecule has 118 valence electrons. The Labute approximate surface area is 159 Å². The molecule has 0 amide bonds. The zero-order valence-corrected chi connectivity index (χ0v) is 15.6. The van der Waals surface area contributed by atoms with Crippen molar-refractivity contribution in [2.45, 2.75) is 0 Å². The summed E-state index contributed by atoms with van der Waals surface area (Å²) in [5, 5.41) is 1.27. The Balaban J connectivity index is 1.79. The highest BCUT2D eigenvalue weighted by molar-refractivity contribution is 14.1. The number of benzene rings is 2. The van der Waals surface area contributed by atoms with Crippen LogP contribution in [0.2, 0.25) is 5.28 Å². The van der Waals surface area contributed by atoms with Crippen LogP contribution < -0.4 is 0 Å². The average molecular weight is 446 g/mol. The molecular weight excluding hydrogens is 433 g/mol. The second kappa shape index (κ2) is 6.53. The fraction of sp³-hybridized carbons (Fsp3) is 0.0526. The van der Waals surface area contributed by atoms with Crippen LogP contribution in [0.15, 0.2) is 66.8 Å². The van der Waals surface area contributed by atoms with Crippen LogP contribution in [0.25, 0.3) is 27.9 Å². The topological polar surface area (TPSA) is 29.0 Å². The first-order valence-corrected chi connectivity index (χ1v) is 8.90. The Kier molecular flexibility index (Phi) is 4.24. The molecule has 0 fully saturated rings. The molecule has 24 heavy (non-hydrogen) atoms. The van der Waals surface area contributed by atoms with Crippen molar-refractivity contribution in [3.05, 3.63) is 77.6 Å². The van der Waals surface area contributed by atoms with Gasteiger partial charge in [0.1, 0.15) is 0 Å². The highest BCUT2D eigenvalue weighted by Gasteiger charge is 2.12. The number of hydrogen-bond acceptors (Lipinski definition) is 3. The van der Waals surface area contributed by atoms with Crippen LogP contribution in [-0.4, -0.2) is 19.6 Å². The lowest BCUT2D eigenvalue weighted by molar-refractivity contribution is 0.771. The highest BCUT2D eigenvalue weighted by Crippen LogP contribution is 2.30. The monoisotopic (exact) mass is 445 g/mol. The van der Waals surface area contributed by atoms with E-state index in [1.54, 1.807) is 0 Å². The largest absolute Gasteiger partial charge is 0.310 e. The minimum Gasteiger partial charge on any atom is -0.310 e. The van der Waals surface area contributed by atoms with Gasteiger partial charge in [-0.25, -0.2) is 9.97 Å². The van der Waals surface area contributed by atoms with Crippen molar-refractivity contribution in [3.8, 4) is 11.3 Å². The molecule has 0 saturated heterocycles. The van der Waals surface area contributed by atoms with E-state index in [0.29, 0.717) is 0 Å². The summed E-state index contributed by atoms with van der Waals surface area (Å²) in [4.78, 5) is 8.74. The number of fused-ring (bicyclic) bond motifs is 1. The number of hydrogen-bond donors (Lipinski definition) is 0. The summed E-state index contributed by atoms with van der Waals surface area (Å²) in [6.45, 7) is 0.917. The summed E-state index contributed by atoms with van der Waals surface area (Å²) in [6.07, 6.45) is 6.36. The van der Waals surface area contributed by atoms with Gasteiger partial charge in [0.2, 0.25) is 5.28 Å². The number of nitrogens with zero attached hydrogens (tertiary/aromatic N) is 3. The lowest BCUT2D eigenvalue weighted by Gasteiger charge is -2.21. The smallest absolute Gasteiger partial charge is 0.223 e. The molecule has 1 aliphatic rings. The molecule has 3 aromatic rings. The standard InChI is InChI=1S/C19H13ClIN3/c20-19-22-16-6-2-1-5-15(16)18(23-19)14-10-8-13(9-11-14)17-7-3-4-12-24(17)21/h1-11H,12H2. The van der Waals surface area contributed by atoms with Gasteiger partial charge in [-0.15, -0.1) is 0 Å². The van der Waals surface area contributed by atoms with Gasteiger partial charge in [-0.1, -0.05) is 54.6 Å². The van der Waals surface area contributed by atoms with Gasteiger partial charge in [0, 0.05) is 17.5 Å². The van der Waals surface area contributed by atoms with E-state index in [0.717, 1.165) is 28.7 Å². The number of rotatable bonds is 2. The summed E-state index contributed by atoms with van der Waals surface area (Å²) in [5.74, 6) is 0. The third kappa shape index (κ3) is 2.91. The fourth-order valence-corrected chi connectivity index (χ4v) is 3.64.